The Morgan fingerprint density at radius 3 is 2.81 bits per heavy atom. The third-order valence-electron chi connectivity index (χ3n) is 6.12. The zero-order valence-electron chi connectivity index (χ0n) is 17.9. The van der Waals surface area contributed by atoms with Gasteiger partial charge in [0.1, 0.15) is 34.6 Å². The number of benzene rings is 2. The molecule has 9 heteroatoms. The molecule has 8 nitrogen and oxygen atoms in total. The number of nitrogens with two attached hydrogens (primary N) is 1. The number of aromatic amines is 2. The van der Waals surface area contributed by atoms with E-state index in [2.05, 4.69) is 31.9 Å². The molecular weight excluding hydrogens is 409 g/mol. The Morgan fingerprint density at radius 2 is 2.03 bits per heavy atom. The second kappa shape index (κ2) is 8.23. The van der Waals surface area contributed by atoms with Crippen molar-refractivity contribution < 1.29 is 9.13 Å². The Bertz CT molecular complexity index is 1290. The molecular formula is C23H26FN7O. The summed E-state index contributed by atoms with van der Waals surface area (Å²) in [5, 5.41) is 7.58. The molecule has 0 aliphatic carbocycles. The maximum absolute atomic E-state index is 14.2. The van der Waals surface area contributed by atoms with Gasteiger partial charge in [0.25, 0.3) is 0 Å². The molecule has 3 heterocycles. The summed E-state index contributed by atoms with van der Waals surface area (Å²) in [6, 6.07) is 8.76. The molecule has 0 bridgehead atoms. The Kier molecular flexibility index (Phi) is 5.26. The fourth-order valence-corrected chi connectivity index (χ4v) is 4.41. The Labute approximate surface area is 184 Å². The van der Waals surface area contributed by atoms with Gasteiger partial charge in [-0.1, -0.05) is 0 Å². The summed E-state index contributed by atoms with van der Waals surface area (Å²) in [5.41, 5.74) is 9.00. The lowest BCUT2D eigenvalue weighted by Crippen LogP contribution is -2.26. The van der Waals surface area contributed by atoms with Gasteiger partial charge in [0.15, 0.2) is 0 Å². The van der Waals surface area contributed by atoms with Gasteiger partial charge in [0.2, 0.25) is 0 Å². The van der Waals surface area contributed by atoms with Gasteiger partial charge >= 0.3 is 0 Å². The molecule has 2 aromatic carbocycles. The minimum Gasteiger partial charge on any atom is -0.491 e. The maximum atomic E-state index is 14.2. The average Bonchev–Trinajstić information content (AvgIpc) is 3.45. The summed E-state index contributed by atoms with van der Waals surface area (Å²) in [4.78, 5) is 18.0. The van der Waals surface area contributed by atoms with Crippen molar-refractivity contribution in [1.82, 2.24) is 24.8 Å². The first-order valence-electron chi connectivity index (χ1n) is 10.8. The van der Waals surface area contributed by atoms with Crippen LogP contribution in [0.3, 0.4) is 0 Å². The van der Waals surface area contributed by atoms with Crippen LogP contribution in [0.1, 0.15) is 36.5 Å². The predicted octanol–water partition coefficient (Wildman–Crippen LogP) is 3.32. The number of H-pyrrole nitrogens is 2. The van der Waals surface area contributed by atoms with E-state index in [0.717, 1.165) is 24.0 Å². The van der Waals surface area contributed by atoms with Gasteiger partial charge in [-0.15, -0.1) is 0 Å². The largest absolute Gasteiger partial charge is 0.491 e. The number of halogens is 1. The summed E-state index contributed by atoms with van der Waals surface area (Å²) < 4.78 is 20.1. The van der Waals surface area contributed by atoms with E-state index in [1.165, 1.54) is 25.0 Å². The van der Waals surface area contributed by atoms with Crippen molar-refractivity contribution in [2.24, 2.45) is 5.73 Å². The molecule has 4 aromatic rings. The molecule has 1 unspecified atom stereocenters. The van der Waals surface area contributed by atoms with Crippen molar-refractivity contribution in [3.8, 4) is 5.75 Å². The number of nitrogen functional groups attached to an aromatic ring is 1. The van der Waals surface area contributed by atoms with Crippen LogP contribution in [0.25, 0.3) is 22.1 Å². The molecule has 0 spiro atoms. The molecule has 32 heavy (non-hydrogen) atoms. The lowest BCUT2D eigenvalue weighted by molar-refractivity contribution is 0.234. The average molecular weight is 436 g/mol. The normalized spacial score (nSPS) is 16.9. The Hall–Kier alpha value is -3.46. The third kappa shape index (κ3) is 4.03. The van der Waals surface area contributed by atoms with E-state index in [1.54, 1.807) is 12.1 Å². The smallest absolute Gasteiger partial charge is 0.150 e. The lowest BCUT2D eigenvalue weighted by Gasteiger charge is -2.19. The van der Waals surface area contributed by atoms with Crippen LogP contribution < -0.4 is 10.5 Å². The number of ether oxygens (including phenoxy) is 1. The third-order valence-corrected chi connectivity index (χ3v) is 6.12. The van der Waals surface area contributed by atoms with E-state index in [4.69, 9.17) is 15.9 Å². The zero-order valence-corrected chi connectivity index (χ0v) is 17.9. The number of rotatable bonds is 7. The molecule has 1 aliphatic rings. The molecule has 5 N–H and O–H groups in total. The van der Waals surface area contributed by atoms with E-state index in [1.807, 2.05) is 6.07 Å². The number of imidazole rings is 2. The van der Waals surface area contributed by atoms with Crippen molar-refractivity contribution >= 4 is 27.9 Å². The van der Waals surface area contributed by atoms with E-state index < -0.39 is 0 Å². The molecule has 0 radical (unpaired) electrons. The minimum atomic E-state index is -0.360. The highest BCUT2D eigenvalue weighted by atomic mass is 19.1. The van der Waals surface area contributed by atoms with Crippen LogP contribution in [0.15, 0.2) is 30.3 Å². The quantitative estimate of drug-likeness (QED) is 0.262. The van der Waals surface area contributed by atoms with Crippen LogP contribution in [-0.2, 0) is 6.42 Å². The first kappa shape index (κ1) is 20.4. The number of fused-ring (bicyclic) bond motifs is 2. The van der Waals surface area contributed by atoms with Gasteiger partial charge in [0, 0.05) is 17.7 Å². The fraction of sp³-hybridized carbons (Fsp3) is 0.348. The molecule has 0 amide bonds. The van der Waals surface area contributed by atoms with E-state index in [-0.39, 0.29) is 11.7 Å². The van der Waals surface area contributed by atoms with Gasteiger partial charge in [-0.25, -0.2) is 14.4 Å². The van der Waals surface area contributed by atoms with Crippen molar-refractivity contribution in [2.75, 3.05) is 20.2 Å². The van der Waals surface area contributed by atoms with Crippen LogP contribution in [-0.4, -0.2) is 56.9 Å². The summed E-state index contributed by atoms with van der Waals surface area (Å²) in [6.45, 7) is 1.65. The first-order valence-corrected chi connectivity index (χ1v) is 10.8. The van der Waals surface area contributed by atoms with E-state index in [9.17, 15) is 4.39 Å². The van der Waals surface area contributed by atoms with Crippen LogP contribution in [0.2, 0.25) is 0 Å². The van der Waals surface area contributed by atoms with E-state index in [0.29, 0.717) is 53.1 Å². The number of hydrogen-bond acceptors (Lipinski definition) is 5. The Balaban J connectivity index is 1.35. The van der Waals surface area contributed by atoms with Gasteiger partial charge < -0.3 is 25.3 Å². The van der Waals surface area contributed by atoms with Crippen LogP contribution in [0.5, 0.6) is 5.75 Å². The minimum absolute atomic E-state index is 0.00265. The van der Waals surface area contributed by atoms with Crippen molar-refractivity contribution in [3.05, 3.63) is 53.4 Å². The maximum Gasteiger partial charge on any atom is 0.150 e. The van der Waals surface area contributed by atoms with Gasteiger partial charge in [-0.3, -0.25) is 5.41 Å². The molecule has 2 aromatic heterocycles. The molecule has 1 aliphatic heterocycles. The number of aromatic nitrogens is 4. The lowest BCUT2D eigenvalue weighted by atomic mass is 10.1. The highest BCUT2D eigenvalue weighted by Gasteiger charge is 2.21. The predicted molar refractivity (Wildman–Crippen MR) is 122 cm³/mol. The highest BCUT2D eigenvalue weighted by Crippen LogP contribution is 2.27. The highest BCUT2D eigenvalue weighted by molar-refractivity contribution is 5.97. The number of nitrogens with zero attached hydrogens (tertiary/aromatic N) is 3. The number of hydrogen-bond donors (Lipinski definition) is 4. The van der Waals surface area contributed by atoms with Gasteiger partial charge in [-0.2, -0.15) is 0 Å². The summed E-state index contributed by atoms with van der Waals surface area (Å²) in [6.07, 6.45) is 3.72. The second-order valence-corrected chi connectivity index (χ2v) is 8.40. The molecule has 166 valence electrons. The van der Waals surface area contributed by atoms with Gasteiger partial charge in [0.05, 0.1) is 29.6 Å². The monoisotopic (exact) mass is 435 g/mol. The molecule has 1 fully saturated rings. The summed E-state index contributed by atoms with van der Waals surface area (Å²) in [5.74, 6) is 1.48. The van der Waals surface area contributed by atoms with Crippen molar-refractivity contribution in [1.29, 1.82) is 5.41 Å². The standard InChI is InChI=1S/C23H26FN7O/c1-31-7-2-3-15(31)6-8-32-19-11-14(24)10-18-22(19)30-21(29-18)12-20-27-16-5-4-13(23(25)26)9-17(16)28-20/h4-5,9-11,15H,2-3,6-8,12H2,1H3,(H3,25,26)(H,27,28)(H,29,30). The van der Waals surface area contributed by atoms with Gasteiger partial charge in [-0.05, 0) is 57.1 Å². The second-order valence-electron chi connectivity index (χ2n) is 8.40. The molecule has 1 saturated heterocycles. The van der Waals surface area contributed by atoms with Crippen LogP contribution >= 0.6 is 0 Å². The van der Waals surface area contributed by atoms with Crippen LogP contribution in [0.4, 0.5) is 4.39 Å². The summed E-state index contributed by atoms with van der Waals surface area (Å²) in [7, 11) is 2.14. The van der Waals surface area contributed by atoms with Crippen LogP contribution in [0, 0.1) is 11.2 Å². The van der Waals surface area contributed by atoms with Crippen molar-refractivity contribution in [2.45, 2.75) is 31.7 Å². The molecule has 5 rings (SSSR count). The van der Waals surface area contributed by atoms with Crippen molar-refractivity contribution in [3.63, 3.8) is 0 Å². The SMILES string of the molecule is CN1CCCC1CCOc1cc(F)cc2[nH]c(Cc3nc4cc(C(=N)N)ccc4[nH]3)nc12. The number of amidine groups is 1. The number of nitrogens with one attached hydrogen (secondary N) is 3. The fourth-order valence-electron chi connectivity index (χ4n) is 4.41. The first-order chi connectivity index (χ1) is 15.5. The number of likely N-dealkylation sites (tertiary alicyclic amines) is 1. The molecule has 0 saturated carbocycles. The topological polar surface area (TPSA) is 120 Å². The van der Waals surface area contributed by atoms with E-state index >= 15 is 0 Å². The molecule has 1 atom stereocenters. The summed E-state index contributed by atoms with van der Waals surface area (Å²) >= 11 is 0. The zero-order chi connectivity index (χ0) is 22.2. The Morgan fingerprint density at radius 1 is 1.22 bits per heavy atom.